The van der Waals surface area contributed by atoms with Crippen molar-refractivity contribution in [2.75, 3.05) is 24.2 Å². The maximum atomic E-state index is 11.1. The first-order chi connectivity index (χ1) is 10.5. The largest absolute Gasteiger partial charge is 0.412 e. The van der Waals surface area contributed by atoms with Gasteiger partial charge in [0.15, 0.2) is 5.13 Å². The van der Waals surface area contributed by atoms with Crippen molar-refractivity contribution >= 4 is 35.6 Å². The van der Waals surface area contributed by atoms with Gasteiger partial charge in [-0.1, -0.05) is 32.1 Å². The smallest absolute Gasteiger partial charge is 0.264 e. The Kier molecular flexibility index (Phi) is 5.57. The van der Waals surface area contributed by atoms with Gasteiger partial charge in [-0.05, 0) is 13.1 Å². The molecule has 0 N–H and O–H groups in total. The summed E-state index contributed by atoms with van der Waals surface area (Å²) in [6, 6.07) is 0. The molecule has 6 nitrogen and oxygen atoms in total. The van der Waals surface area contributed by atoms with Crippen molar-refractivity contribution in [3.8, 4) is 0 Å². The van der Waals surface area contributed by atoms with E-state index >= 15 is 0 Å². The van der Waals surface area contributed by atoms with Gasteiger partial charge in [0.25, 0.3) is 10.1 Å². The summed E-state index contributed by atoms with van der Waals surface area (Å²) in [5, 5.41) is 0.919. The first kappa shape index (κ1) is 18.8. The lowest BCUT2D eigenvalue weighted by atomic mass is 9.91. The average Bonchev–Trinajstić information content (AvgIpc) is 2.73. The summed E-state index contributed by atoms with van der Waals surface area (Å²) in [7, 11) is -4.14. The zero-order chi connectivity index (χ0) is 17.4. The van der Waals surface area contributed by atoms with Crippen molar-refractivity contribution in [3.05, 3.63) is 10.6 Å². The Hall–Kier alpha value is -0.483. The maximum Gasteiger partial charge on any atom is 0.264 e. The van der Waals surface area contributed by atoms with E-state index in [9.17, 15) is 8.42 Å². The average molecular weight is 378 g/mol. The van der Waals surface area contributed by atoms with Gasteiger partial charge in [0.1, 0.15) is 6.10 Å². The highest BCUT2D eigenvalue weighted by molar-refractivity contribution is 7.86. The molecule has 1 fully saturated rings. The molecule has 1 aliphatic heterocycles. The molecule has 9 heteroatoms. The predicted molar refractivity (Wildman–Crippen MR) is 95.0 cm³/mol. The van der Waals surface area contributed by atoms with E-state index in [-0.39, 0.29) is 11.5 Å². The van der Waals surface area contributed by atoms with Gasteiger partial charge >= 0.3 is 0 Å². The van der Waals surface area contributed by atoms with E-state index in [2.05, 4.69) is 38.8 Å². The number of thiazole rings is 1. The van der Waals surface area contributed by atoms with E-state index in [4.69, 9.17) is 13.6 Å². The van der Waals surface area contributed by atoms with E-state index in [1.807, 2.05) is 0 Å². The summed E-state index contributed by atoms with van der Waals surface area (Å²) in [4.78, 5) is 8.00. The lowest BCUT2D eigenvalue weighted by Crippen LogP contribution is -2.53. The van der Waals surface area contributed by atoms with Crippen molar-refractivity contribution in [2.45, 2.75) is 52.0 Å². The molecular weight excluding hydrogens is 352 g/mol. The van der Waals surface area contributed by atoms with Crippen LogP contribution in [0.2, 0.25) is 13.1 Å². The molecule has 0 bridgehead atoms. The van der Waals surface area contributed by atoms with Crippen LogP contribution in [0.15, 0.2) is 0 Å². The SMILES string of the molecule is C[Si](C)OCc1sc(N2CC(OS(C)(=O)=O)C2)nc1C(C)(C)C. The molecule has 131 valence electrons. The monoisotopic (exact) mass is 377 g/mol. The van der Waals surface area contributed by atoms with Gasteiger partial charge in [-0.2, -0.15) is 8.42 Å². The molecular formula is C14H25N2O4S2Si. The molecule has 0 aromatic carbocycles. The lowest BCUT2D eigenvalue weighted by Gasteiger charge is -2.37. The third kappa shape index (κ3) is 5.25. The minimum atomic E-state index is -3.39. The van der Waals surface area contributed by atoms with E-state index in [0.717, 1.165) is 22.0 Å². The molecule has 2 rings (SSSR count). The maximum absolute atomic E-state index is 11.1. The molecule has 0 spiro atoms. The van der Waals surface area contributed by atoms with Crippen LogP contribution in [-0.4, -0.2) is 47.9 Å². The number of nitrogens with zero attached hydrogens (tertiary/aromatic N) is 2. The highest BCUT2D eigenvalue weighted by Gasteiger charge is 2.34. The molecule has 0 amide bonds. The summed E-state index contributed by atoms with van der Waals surface area (Å²) in [6.07, 6.45) is 0.814. The summed E-state index contributed by atoms with van der Waals surface area (Å²) in [5.74, 6) is 0. The molecule has 1 radical (unpaired) electrons. The summed E-state index contributed by atoms with van der Waals surface area (Å²) in [6.45, 7) is 12.4. The van der Waals surface area contributed by atoms with Crippen LogP contribution in [0.5, 0.6) is 0 Å². The van der Waals surface area contributed by atoms with E-state index in [0.29, 0.717) is 19.7 Å². The Morgan fingerprint density at radius 2 is 1.96 bits per heavy atom. The minimum Gasteiger partial charge on any atom is -0.412 e. The van der Waals surface area contributed by atoms with Crippen LogP contribution in [0.3, 0.4) is 0 Å². The lowest BCUT2D eigenvalue weighted by molar-refractivity contribution is 0.177. The summed E-state index contributed by atoms with van der Waals surface area (Å²) in [5.41, 5.74) is 1.02. The Morgan fingerprint density at radius 1 is 1.35 bits per heavy atom. The molecule has 1 aliphatic rings. The number of hydrogen-bond donors (Lipinski definition) is 0. The van der Waals surface area contributed by atoms with E-state index in [1.54, 1.807) is 11.3 Å². The van der Waals surface area contributed by atoms with Crippen LogP contribution in [-0.2, 0) is 30.7 Å². The Labute approximate surface area is 144 Å². The first-order valence-electron chi connectivity index (χ1n) is 7.52. The topological polar surface area (TPSA) is 68.7 Å². The normalized spacial score (nSPS) is 16.9. The van der Waals surface area contributed by atoms with Gasteiger partial charge < -0.3 is 9.33 Å². The van der Waals surface area contributed by atoms with Crippen molar-refractivity contribution in [2.24, 2.45) is 0 Å². The molecule has 0 saturated carbocycles. The highest BCUT2D eigenvalue weighted by Crippen LogP contribution is 2.36. The van der Waals surface area contributed by atoms with Gasteiger partial charge in [0, 0.05) is 18.5 Å². The quantitative estimate of drug-likeness (QED) is 0.560. The minimum absolute atomic E-state index is 0.0463. The standard InChI is InChI=1S/C14H25N2O4S2Si/c1-14(2,3)12-11(9-19-23(5)6)21-13(15-12)16-7-10(8-16)20-22(4,17)18/h10H,7-9H2,1-6H3. The zero-order valence-electron chi connectivity index (χ0n) is 14.5. The van der Waals surface area contributed by atoms with Gasteiger partial charge in [-0.3, -0.25) is 4.18 Å². The molecule has 1 aromatic rings. The van der Waals surface area contributed by atoms with Gasteiger partial charge in [0.05, 0.1) is 23.4 Å². The number of rotatable bonds is 6. The molecule has 0 unspecified atom stereocenters. The van der Waals surface area contributed by atoms with Crippen molar-refractivity contribution < 1.29 is 17.0 Å². The van der Waals surface area contributed by atoms with Crippen LogP contribution in [0, 0.1) is 0 Å². The number of hydrogen-bond acceptors (Lipinski definition) is 7. The molecule has 0 atom stereocenters. The van der Waals surface area contributed by atoms with Crippen LogP contribution >= 0.6 is 11.3 Å². The van der Waals surface area contributed by atoms with Crippen molar-refractivity contribution in [1.29, 1.82) is 0 Å². The molecule has 2 heterocycles. The van der Waals surface area contributed by atoms with Gasteiger partial charge in [0.2, 0.25) is 9.04 Å². The van der Waals surface area contributed by atoms with Crippen LogP contribution in [0.4, 0.5) is 5.13 Å². The fourth-order valence-electron chi connectivity index (χ4n) is 2.27. The third-order valence-electron chi connectivity index (χ3n) is 3.32. The highest BCUT2D eigenvalue weighted by atomic mass is 32.2. The second-order valence-electron chi connectivity index (χ2n) is 7.04. The number of aromatic nitrogens is 1. The second-order valence-corrected chi connectivity index (χ2v) is 11.8. The summed E-state index contributed by atoms with van der Waals surface area (Å²) >= 11 is 1.63. The zero-order valence-corrected chi connectivity index (χ0v) is 17.2. The van der Waals surface area contributed by atoms with Gasteiger partial charge in [-0.25, -0.2) is 4.98 Å². The van der Waals surface area contributed by atoms with Crippen LogP contribution in [0.1, 0.15) is 31.3 Å². The fraction of sp³-hybridized carbons (Fsp3) is 0.786. The summed E-state index contributed by atoms with van der Waals surface area (Å²) < 4.78 is 33.1. The fourth-order valence-corrected chi connectivity index (χ4v) is 4.63. The van der Waals surface area contributed by atoms with Crippen LogP contribution < -0.4 is 4.90 Å². The van der Waals surface area contributed by atoms with Crippen LogP contribution in [0.25, 0.3) is 0 Å². The Balaban J connectivity index is 2.09. The third-order valence-corrected chi connectivity index (χ3v) is 5.75. The second kappa shape index (κ2) is 6.79. The number of anilines is 1. The Morgan fingerprint density at radius 3 is 2.43 bits per heavy atom. The van der Waals surface area contributed by atoms with Crippen molar-refractivity contribution in [1.82, 2.24) is 4.98 Å². The van der Waals surface area contributed by atoms with E-state index in [1.165, 1.54) is 0 Å². The molecule has 0 aliphatic carbocycles. The Bertz CT molecular complexity index is 646. The van der Waals surface area contributed by atoms with E-state index < -0.39 is 19.2 Å². The predicted octanol–water partition coefficient (Wildman–Crippen LogP) is 2.37. The first-order valence-corrected chi connectivity index (χ1v) is 12.6. The van der Waals surface area contributed by atoms with Gasteiger partial charge in [-0.15, -0.1) is 0 Å². The molecule has 1 aromatic heterocycles. The molecule has 1 saturated heterocycles. The van der Waals surface area contributed by atoms with Crippen molar-refractivity contribution in [3.63, 3.8) is 0 Å². The molecule has 23 heavy (non-hydrogen) atoms.